The molecule has 3 nitrogen and oxygen atoms in total. The van der Waals surface area contributed by atoms with Crippen molar-refractivity contribution in [1.82, 2.24) is 9.97 Å². The van der Waals surface area contributed by atoms with Gasteiger partial charge in [0, 0.05) is 10.9 Å². The highest BCUT2D eigenvalue weighted by atomic mass is 32.2. The second kappa shape index (κ2) is 5.84. The van der Waals surface area contributed by atoms with Gasteiger partial charge in [0.05, 0.1) is 17.2 Å². The minimum Gasteiger partial charge on any atom is -0.229 e. The summed E-state index contributed by atoms with van der Waals surface area (Å²) >= 11 is 3.09. The number of rotatable bonds is 3. The number of benzene rings is 1. The average Bonchev–Trinajstić information content (AvgIpc) is 2.89. The van der Waals surface area contributed by atoms with Gasteiger partial charge >= 0.3 is 0 Å². The summed E-state index contributed by atoms with van der Waals surface area (Å²) in [5, 5.41) is 12.9. The van der Waals surface area contributed by atoms with Crippen LogP contribution in [0.4, 0.5) is 0 Å². The number of aromatic nitrogens is 2. The number of hydrogen-bond acceptors (Lipinski definition) is 5. The van der Waals surface area contributed by atoms with Crippen LogP contribution in [0.15, 0.2) is 34.9 Å². The highest BCUT2D eigenvalue weighted by Crippen LogP contribution is 2.38. The lowest BCUT2D eigenvalue weighted by molar-refractivity contribution is 1.11. The molecule has 0 aliphatic carbocycles. The van der Waals surface area contributed by atoms with E-state index in [9.17, 15) is 0 Å². The molecule has 2 heterocycles. The van der Waals surface area contributed by atoms with Crippen LogP contribution in [0.1, 0.15) is 11.1 Å². The Morgan fingerprint density at radius 1 is 1.24 bits per heavy atom. The van der Waals surface area contributed by atoms with E-state index >= 15 is 0 Å². The van der Waals surface area contributed by atoms with Gasteiger partial charge in [-0.3, -0.25) is 0 Å². The fourth-order valence-electron chi connectivity index (χ4n) is 2.37. The van der Waals surface area contributed by atoms with Gasteiger partial charge in [0.25, 0.3) is 0 Å². The smallest absolute Gasteiger partial charge is 0.128 e. The molecule has 0 aliphatic rings. The molecular formula is C16H13N3S2. The van der Waals surface area contributed by atoms with Gasteiger partial charge in [-0.15, -0.1) is 11.3 Å². The molecule has 0 spiro atoms. The molecule has 3 aromatic rings. The van der Waals surface area contributed by atoms with Crippen LogP contribution < -0.4 is 0 Å². The fourth-order valence-corrected chi connectivity index (χ4v) is 4.02. The van der Waals surface area contributed by atoms with Crippen molar-refractivity contribution in [3.63, 3.8) is 0 Å². The number of fused-ring (bicyclic) bond motifs is 1. The van der Waals surface area contributed by atoms with Crippen LogP contribution in [0.3, 0.4) is 0 Å². The fraction of sp³-hybridized carbons (Fsp3) is 0.188. The summed E-state index contributed by atoms with van der Waals surface area (Å²) in [5.74, 6) is 0.397. The summed E-state index contributed by atoms with van der Waals surface area (Å²) in [6.45, 7) is 4.22. The van der Waals surface area contributed by atoms with Crippen molar-refractivity contribution >= 4 is 33.3 Å². The van der Waals surface area contributed by atoms with Crippen LogP contribution in [0, 0.1) is 25.2 Å². The molecule has 0 atom stereocenters. The molecule has 0 amide bonds. The van der Waals surface area contributed by atoms with E-state index in [1.807, 2.05) is 0 Å². The first-order valence-electron chi connectivity index (χ1n) is 6.50. The zero-order valence-corrected chi connectivity index (χ0v) is 13.4. The number of hydrogen-bond donors (Lipinski definition) is 0. The van der Waals surface area contributed by atoms with Gasteiger partial charge in [-0.1, -0.05) is 35.5 Å². The second-order valence-corrected chi connectivity index (χ2v) is 6.60. The van der Waals surface area contributed by atoms with Crippen LogP contribution in [0.2, 0.25) is 0 Å². The first kappa shape index (κ1) is 14.1. The van der Waals surface area contributed by atoms with Gasteiger partial charge in [0.15, 0.2) is 0 Å². The molecule has 5 heteroatoms. The minimum atomic E-state index is 0.397. The molecule has 2 aromatic heterocycles. The SMILES string of the molecule is Cc1ccc(-c2csc3ncnc(SCC#N)c23)c(C)c1. The largest absolute Gasteiger partial charge is 0.229 e. The monoisotopic (exact) mass is 311 g/mol. The lowest BCUT2D eigenvalue weighted by atomic mass is 9.99. The third-order valence-electron chi connectivity index (χ3n) is 3.28. The standard InChI is InChI=1S/C16H13N3S2/c1-10-3-4-12(11(2)7-10)13-8-21-16-14(13)15(18-9-19-16)20-6-5-17/h3-4,7-9H,6H2,1-2H3. The van der Waals surface area contributed by atoms with Crippen LogP contribution in [-0.4, -0.2) is 15.7 Å². The maximum absolute atomic E-state index is 8.80. The summed E-state index contributed by atoms with van der Waals surface area (Å²) in [6, 6.07) is 8.62. The van der Waals surface area contributed by atoms with E-state index in [1.54, 1.807) is 17.7 Å². The van der Waals surface area contributed by atoms with Gasteiger partial charge in [0.2, 0.25) is 0 Å². The molecule has 0 fully saturated rings. The Bertz CT molecular complexity index is 846. The van der Waals surface area contributed by atoms with Gasteiger partial charge in [-0.05, 0) is 25.0 Å². The van der Waals surface area contributed by atoms with E-state index in [-0.39, 0.29) is 0 Å². The summed E-state index contributed by atoms with van der Waals surface area (Å²) in [4.78, 5) is 9.68. The van der Waals surface area contributed by atoms with Crippen molar-refractivity contribution in [2.24, 2.45) is 0 Å². The topological polar surface area (TPSA) is 49.6 Å². The van der Waals surface area contributed by atoms with E-state index < -0.39 is 0 Å². The van der Waals surface area contributed by atoms with E-state index in [4.69, 9.17) is 5.26 Å². The zero-order valence-electron chi connectivity index (χ0n) is 11.8. The highest BCUT2D eigenvalue weighted by molar-refractivity contribution is 7.99. The molecule has 21 heavy (non-hydrogen) atoms. The second-order valence-electron chi connectivity index (χ2n) is 4.77. The van der Waals surface area contributed by atoms with E-state index in [2.05, 4.69) is 53.5 Å². The maximum Gasteiger partial charge on any atom is 0.128 e. The summed E-state index contributed by atoms with van der Waals surface area (Å²) in [7, 11) is 0. The lowest BCUT2D eigenvalue weighted by Gasteiger charge is -2.07. The van der Waals surface area contributed by atoms with Crippen LogP contribution in [0.5, 0.6) is 0 Å². The number of aryl methyl sites for hydroxylation is 2. The summed E-state index contributed by atoms with van der Waals surface area (Å²) in [5.41, 5.74) is 4.87. The molecule has 0 radical (unpaired) electrons. The van der Waals surface area contributed by atoms with Crippen molar-refractivity contribution < 1.29 is 0 Å². The van der Waals surface area contributed by atoms with Gasteiger partial charge in [-0.2, -0.15) is 5.26 Å². The summed E-state index contributed by atoms with van der Waals surface area (Å²) in [6.07, 6.45) is 1.57. The first-order chi connectivity index (χ1) is 10.2. The summed E-state index contributed by atoms with van der Waals surface area (Å²) < 4.78 is 0. The molecule has 3 rings (SSSR count). The quantitative estimate of drug-likeness (QED) is 0.524. The van der Waals surface area contributed by atoms with Crippen molar-refractivity contribution in [1.29, 1.82) is 5.26 Å². The predicted molar refractivity (Wildman–Crippen MR) is 88.7 cm³/mol. The third kappa shape index (κ3) is 2.65. The Kier molecular flexibility index (Phi) is 3.91. The number of thioether (sulfide) groups is 1. The van der Waals surface area contributed by atoms with Crippen LogP contribution in [-0.2, 0) is 0 Å². The zero-order chi connectivity index (χ0) is 14.8. The highest BCUT2D eigenvalue weighted by Gasteiger charge is 2.14. The molecule has 1 aromatic carbocycles. The molecule has 0 aliphatic heterocycles. The average molecular weight is 311 g/mol. The van der Waals surface area contributed by atoms with Crippen LogP contribution >= 0.6 is 23.1 Å². The Labute approximate surface area is 131 Å². The van der Waals surface area contributed by atoms with Crippen molar-refractivity contribution in [2.45, 2.75) is 18.9 Å². The van der Waals surface area contributed by atoms with E-state index in [0.717, 1.165) is 20.8 Å². The molecule has 0 saturated carbocycles. The number of nitriles is 1. The maximum atomic E-state index is 8.80. The molecule has 0 N–H and O–H groups in total. The van der Waals surface area contributed by atoms with Crippen molar-refractivity contribution in [2.75, 3.05) is 5.75 Å². The van der Waals surface area contributed by atoms with Gasteiger partial charge < -0.3 is 0 Å². The number of nitrogens with zero attached hydrogens (tertiary/aromatic N) is 3. The Balaban J connectivity index is 2.21. The Morgan fingerprint density at radius 2 is 2.10 bits per heavy atom. The predicted octanol–water partition coefficient (Wildman–Crippen LogP) is 4.59. The van der Waals surface area contributed by atoms with Gasteiger partial charge in [0.1, 0.15) is 16.2 Å². The van der Waals surface area contributed by atoms with E-state index in [0.29, 0.717) is 5.75 Å². The molecule has 0 unspecified atom stereocenters. The first-order valence-corrected chi connectivity index (χ1v) is 8.37. The van der Waals surface area contributed by atoms with Crippen molar-refractivity contribution in [3.05, 3.63) is 41.0 Å². The Morgan fingerprint density at radius 3 is 2.86 bits per heavy atom. The van der Waals surface area contributed by atoms with Crippen molar-refractivity contribution in [3.8, 4) is 17.2 Å². The van der Waals surface area contributed by atoms with Crippen LogP contribution in [0.25, 0.3) is 21.3 Å². The molecule has 0 bridgehead atoms. The number of thiophene rings is 1. The Hall–Kier alpha value is -1.90. The molecular weight excluding hydrogens is 298 g/mol. The van der Waals surface area contributed by atoms with Gasteiger partial charge in [-0.25, -0.2) is 9.97 Å². The normalized spacial score (nSPS) is 10.7. The molecule has 0 saturated heterocycles. The van der Waals surface area contributed by atoms with E-state index in [1.165, 1.54) is 28.5 Å². The molecule has 104 valence electrons. The lowest BCUT2D eigenvalue weighted by Crippen LogP contribution is -1.88. The third-order valence-corrected chi connectivity index (χ3v) is 5.02. The minimum absolute atomic E-state index is 0.397.